The second-order valence-electron chi connectivity index (χ2n) is 8.28. The van der Waals surface area contributed by atoms with E-state index in [1.165, 1.54) is 16.7 Å². The summed E-state index contributed by atoms with van der Waals surface area (Å²) in [5.41, 5.74) is 3.59. The number of carbonyl (C=O) groups excluding carboxylic acids is 1. The Morgan fingerprint density at radius 1 is 1.03 bits per heavy atom. The fourth-order valence-corrected chi connectivity index (χ4v) is 5.37. The van der Waals surface area contributed by atoms with Crippen molar-refractivity contribution < 1.29 is 13.7 Å². The standard InChI is InChI=1S/C25H33NO3S/c1-4-29-25(27)22-13-11-21(12-14-22)17-26(18-23-8-6-5-7-20(23)3)30(28)24-15-9-19(2)10-16-24/h5-10,15-16,21-22H,4,11-14,17-18H2,1-3H3. The second-order valence-corrected chi connectivity index (χ2v) is 9.77. The zero-order valence-electron chi connectivity index (χ0n) is 18.3. The van der Waals surface area contributed by atoms with E-state index in [9.17, 15) is 9.00 Å². The average Bonchev–Trinajstić information content (AvgIpc) is 2.75. The van der Waals surface area contributed by atoms with Crippen LogP contribution in [0, 0.1) is 25.7 Å². The predicted octanol–water partition coefficient (Wildman–Crippen LogP) is 5.20. The number of benzene rings is 2. The first-order valence-corrected chi connectivity index (χ1v) is 12.0. The largest absolute Gasteiger partial charge is 0.466 e. The van der Waals surface area contributed by atoms with Gasteiger partial charge < -0.3 is 4.74 Å². The van der Waals surface area contributed by atoms with Gasteiger partial charge in [-0.2, -0.15) is 0 Å². The van der Waals surface area contributed by atoms with Crippen LogP contribution in [0.2, 0.25) is 0 Å². The molecular weight excluding hydrogens is 394 g/mol. The number of carbonyl (C=O) groups is 1. The van der Waals surface area contributed by atoms with Crippen molar-refractivity contribution in [3.8, 4) is 0 Å². The summed E-state index contributed by atoms with van der Waals surface area (Å²) in [5.74, 6) is 0.402. The monoisotopic (exact) mass is 427 g/mol. The highest BCUT2D eigenvalue weighted by atomic mass is 32.2. The minimum Gasteiger partial charge on any atom is -0.466 e. The van der Waals surface area contributed by atoms with Crippen molar-refractivity contribution >= 4 is 17.0 Å². The third-order valence-corrected chi connectivity index (χ3v) is 7.42. The van der Waals surface area contributed by atoms with Crippen molar-refractivity contribution in [3.05, 3.63) is 65.2 Å². The van der Waals surface area contributed by atoms with Crippen molar-refractivity contribution in [3.63, 3.8) is 0 Å². The molecule has 162 valence electrons. The smallest absolute Gasteiger partial charge is 0.308 e. The number of ether oxygens (including phenoxy) is 1. The Morgan fingerprint density at radius 3 is 2.33 bits per heavy atom. The van der Waals surface area contributed by atoms with Crippen LogP contribution in [0.1, 0.15) is 49.3 Å². The van der Waals surface area contributed by atoms with Crippen molar-refractivity contribution in [2.75, 3.05) is 13.2 Å². The summed E-state index contributed by atoms with van der Waals surface area (Å²) in [7, 11) is -1.22. The van der Waals surface area contributed by atoms with Crippen molar-refractivity contribution in [1.29, 1.82) is 0 Å². The number of rotatable bonds is 8. The van der Waals surface area contributed by atoms with Crippen LogP contribution in [0.3, 0.4) is 0 Å². The van der Waals surface area contributed by atoms with Gasteiger partial charge >= 0.3 is 5.97 Å². The molecule has 0 N–H and O–H groups in total. The van der Waals surface area contributed by atoms with Gasteiger partial charge in [-0.05, 0) is 75.6 Å². The summed E-state index contributed by atoms with van der Waals surface area (Å²) < 4.78 is 20.8. The topological polar surface area (TPSA) is 46.6 Å². The van der Waals surface area contributed by atoms with E-state index in [1.807, 2.05) is 50.2 Å². The molecule has 1 unspecified atom stereocenters. The van der Waals surface area contributed by atoms with Crippen LogP contribution < -0.4 is 0 Å². The Kier molecular flexibility index (Phi) is 8.23. The molecule has 0 amide bonds. The molecule has 2 aromatic carbocycles. The number of esters is 1. The molecule has 0 saturated heterocycles. The van der Waals surface area contributed by atoms with Crippen molar-refractivity contribution in [2.45, 2.75) is 57.9 Å². The predicted molar refractivity (Wildman–Crippen MR) is 121 cm³/mol. The van der Waals surface area contributed by atoms with E-state index in [1.54, 1.807) is 0 Å². The fourth-order valence-electron chi connectivity index (χ4n) is 4.10. The average molecular weight is 428 g/mol. The summed E-state index contributed by atoms with van der Waals surface area (Å²) in [6.07, 6.45) is 3.66. The quantitative estimate of drug-likeness (QED) is 0.544. The minimum atomic E-state index is -1.22. The molecule has 0 radical (unpaired) electrons. The van der Waals surface area contributed by atoms with Crippen LogP contribution in [0.25, 0.3) is 0 Å². The third-order valence-electron chi connectivity index (χ3n) is 5.99. The van der Waals surface area contributed by atoms with Gasteiger partial charge in [0.25, 0.3) is 0 Å². The van der Waals surface area contributed by atoms with E-state index in [2.05, 4.69) is 23.4 Å². The van der Waals surface area contributed by atoms with Gasteiger partial charge in [-0.25, -0.2) is 8.51 Å². The molecule has 1 saturated carbocycles. The second kappa shape index (κ2) is 10.9. The van der Waals surface area contributed by atoms with Gasteiger partial charge in [-0.1, -0.05) is 42.0 Å². The zero-order valence-corrected chi connectivity index (χ0v) is 19.1. The maximum atomic E-state index is 13.5. The Morgan fingerprint density at radius 2 is 1.70 bits per heavy atom. The molecular formula is C25H33NO3S. The number of nitrogens with zero attached hydrogens (tertiary/aromatic N) is 1. The van der Waals surface area contributed by atoms with Gasteiger partial charge in [0.1, 0.15) is 11.0 Å². The summed E-state index contributed by atoms with van der Waals surface area (Å²) in [6.45, 7) is 7.87. The Labute approximate surface area is 183 Å². The molecule has 0 heterocycles. The normalized spacial score (nSPS) is 20.1. The number of hydrogen-bond acceptors (Lipinski definition) is 3. The molecule has 5 heteroatoms. The van der Waals surface area contributed by atoms with Crippen LogP contribution in [-0.2, 0) is 27.1 Å². The molecule has 1 aliphatic rings. The molecule has 1 aliphatic carbocycles. The van der Waals surface area contributed by atoms with Gasteiger partial charge in [-0.3, -0.25) is 4.79 Å². The first-order valence-electron chi connectivity index (χ1n) is 10.9. The summed E-state index contributed by atoms with van der Waals surface area (Å²) in [4.78, 5) is 12.9. The van der Waals surface area contributed by atoms with Gasteiger partial charge in [0, 0.05) is 13.1 Å². The van der Waals surface area contributed by atoms with E-state index in [4.69, 9.17) is 4.74 Å². The van der Waals surface area contributed by atoms with Crippen molar-refractivity contribution in [2.24, 2.45) is 11.8 Å². The highest BCUT2D eigenvalue weighted by Gasteiger charge is 2.29. The molecule has 30 heavy (non-hydrogen) atoms. The lowest BCUT2D eigenvalue weighted by atomic mass is 9.82. The lowest BCUT2D eigenvalue weighted by Crippen LogP contribution is -2.34. The van der Waals surface area contributed by atoms with Crippen LogP contribution >= 0.6 is 0 Å². The number of hydrogen-bond donors (Lipinski definition) is 0. The van der Waals surface area contributed by atoms with Gasteiger partial charge in [0.2, 0.25) is 0 Å². The molecule has 0 spiro atoms. The molecule has 3 rings (SSSR count). The Bertz CT molecular complexity index is 857. The first-order chi connectivity index (χ1) is 14.5. The maximum absolute atomic E-state index is 13.5. The van der Waals surface area contributed by atoms with Crippen LogP contribution in [0.5, 0.6) is 0 Å². The lowest BCUT2D eigenvalue weighted by molar-refractivity contribution is -0.149. The highest BCUT2D eigenvalue weighted by molar-refractivity contribution is 7.82. The first kappa shape index (κ1) is 22.7. The third kappa shape index (κ3) is 6.02. The Balaban J connectivity index is 1.71. The van der Waals surface area contributed by atoms with Crippen LogP contribution in [0.4, 0.5) is 0 Å². The zero-order chi connectivity index (χ0) is 21.5. The molecule has 1 fully saturated rings. The van der Waals surface area contributed by atoms with Crippen molar-refractivity contribution in [1.82, 2.24) is 4.31 Å². The van der Waals surface area contributed by atoms with E-state index in [-0.39, 0.29) is 11.9 Å². The highest BCUT2D eigenvalue weighted by Crippen LogP contribution is 2.31. The maximum Gasteiger partial charge on any atom is 0.308 e. The van der Waals surface area contributed by atoms with E-state index in [0.717, 1.165) is 37.1 Å². The SMILES string of the molecule is CCOC(=O)C1CCC(CN(Cc2ccccc2C)S(=O)c2ccc(C)cc2)CC1. The van der Waals surface area contributed by atoms with Gasteiger partial charge in [0.05, 0.1) is 17.4 Å². The fraction of sp³-hybridized carbons (Fsp3) is 0.480. The molecule has 0 bridgehead atoms. The van der Waals surface area contributed by atoms with Crippen LogP contribution in [0.15, 0.2) is 53.4 Å². The van der Waals surface area contributed by atoms with E-state index >= 15 is 0 Å². The molecule has 4 nitrogen and oxygen atoms in total. The van der Waals surface area contributed by atoms with Gasteiger partial charge in [0.15, 0.2) is 0 Å². The minimum absolute atomic E-state index is 0.0219. The van der Waals surface area contributed by atoms with E-state index < -0.39 is 11.0 Å². The number of aryl methyl sites for hydroxylation is 2. The van der Waals surface area contributed by atoms with Gasteiger partial charge in [-0.15, -0.1) is 0 Å². The molecule has 0 aromatic heterocycles. The summed E-state index contributed by atoms with van der Waals surface area (Å²) in [5, 5.41) is 0. The molecule has 2 aromatic rings. The van der Waals surface area contributed by atoms with Crippen LogP contribution in [-0.4, -0.2) is 27.6 Å². The van der Waals surface area contributed by atoms with E-state index in [0.29, 0.717) is 19.1 Å². The molecule has 1 atom stereocenters. The molecule has 0 aliphatic heterocycles. The summed E-state index contributed by atoms with van der Waals surface area (Å²) in [6, 6.07) is 16.3. The summed E-state index contributed by atoms with van der Waals surface area (Å²) >= 11 is 0. The Hall–Kier alpha value is -1.98. The lowest BCUT2D eigenvalue weighted by Gasteiger charge is -2.31.